The number of ether oxygens (including phenoxy) is 2. The minimum atomic E-state index is -1.34. The van der Waals surface area contributed by atoms with E-state index in [9.17, 15) is 14.7 Å². The largest absolute Gasteiger partial charge is 0.506 e. The molecule has 0 atom stereocenters. The van der Waals surface area contributed by atoms with Crippen molar-refractivity contribution >= 4 is 41.0 Å². The summed E-state index contributed by atoms with van der Waals surface area (Å²) in [4.78, 5) is 29.5. The molecule has 0 unspecified atom stereocenters. The van der Waals surface area contributed by atoms with Gasteiger partial charge in [0.1, 0.15) is 29.5 Å². The second-order valence-corrected chi connectivity index (χ2v) is 15.0. The predicted octanol–water partition coefficient (Wildman–Crippen LogP) is 4.77. The Balaban J connectivity index is 2.18. The highest BCUT2D eigenvalue weighted by Gasteiger charge is 2.22. The smallest absolute Gasteiger partial charge is 0.340 e. The lowest BCUT2D eigenvalue weighted by atomic mass is 10.1. The van der Waals surface area contributed by atoms with E-state index in [1.807, 2.05) is 0 Å². The standard InChI is InChI=1S/C22H24BrFN2O5Si/c1-30-22(29)15-7-5-6-14(18(15)24)19-21(28)26(12-31-8-9-32(2,3)4)16-10-13(23)11-17(27)20(16)25-19/h5-7,10-11,27H,8-9,12H2,1-4H3. The fourth-order valence-electron chi connectivity index (χ4n) is 3.11. The van der Waals surface area contributed by atoms with Gasteiger partial charge in [0, 0.05) is 24.7 Å². The van der Waals surface area contributed by atoms with Crippen molar-refractivity contribution in [1.29, 1.82) is 0 Å². The average molecular weight is 523 g/mol. The molecular weight excluding hydrogens is 499 g/mol. The Morgan fingerprint density at radius 3 is 2.66 bits per heavy atom. The van der Waals surface area contributed by atoms with E-state index in [0.29, 0.717) is 16.6 Å². The molecule has 3 rings (SSSR count). The molecule has 170 valence electrons. The minimum absolute atomic E-state index is 0.0937. The molecule has 0 aliphatic rings. The van der Waals surface area contributed by atoms with Crippen LogP contribution in [0.15, 0.2) is 39.6 Å². The van der Waals surface area contributed by atoms with Gasteiger partial charge < -0.3 is 14.6 Å². The van der Waals surface area contributed by atoms with E-state index in [1.54, 1.807) is 6.07 Å². The Morgan fingerprint density at radius 1 is 1.28 bits per heavy atom. The first-order valence-electron chi connectivity index (χ1n) is 9.91. The van der Waals surface area contributed by atoms with Crippen molar-refractivity contribution in [3.63, 3.8) is 0 Å². The average Bonchev–Trinajstić information content (AvgIpc) is 2.71. The zero-order chi connectivity index (χ0) is 23.6. The Morgan fingerprint density at radius 2 is 2.00 bits per heavy atom. The number of nitrogens with zero attached hydrogens (tertiary/aromatic N) is 2. The number of halogens is 2. The summed E-state index contributed by atoms with van der Waals surface area (Å²) in [5.74, 6) is -1.98. The first-order valence-corrected chi connectivity index (χ1v) is 14.4. The number of hydrogen-bond donors (Lipinski definition) is 1. The third kappa shape index (κ3) is 5.08. The van der Waals surface area contributed by atoms with Crippen LogP contribution in [0.5, 0.6) is 5.75 Å². The van der Waals surface area contributed by atoms with Gasteiger partial charge in [-0.3, -0.25) is 9.36 Å². The highest BCUT2D eigenvalue weighted by Crippen LogP contribution is 2.30. The van der Waals surface area contributed by atoms with Crippen LogP contribution in [-0.4, -0.2) is 42.4 Å². The molecule has 3 aromatic rings. The number of fused-ring (bicyclic) bond motifs is 1. The van der Waals surface area contributed by atoms with E-state index in [4.69, 9.17) is 4.74 Å². The van der Waals surface area contributed by atoms with E-state index in [-0.39, 0.29) is 34.8 Å². The molecule has 0 spiro atoms. The molecule has 0 amide bonds. The number of benzene rings is 2. The second-order valence-electron chi connectivity index (χ2n) is 8.49. The van der Waals surface area contributed by atoms with E-state index in [2.05, 4.69) is 45.3 Å². The molecular formula is C22H24BrFN2O5Si. The zero-order valence-electron chi connectivity index (χ0n) is 18.2. The lowest BCUT2D eigenvalue weighted by Crippen LogP contribution is -2.27. The number of hydrogen-bond acceptors (Lipinski definition) is 6. The van der Waals surface area contributed by atoms with Gasteiger partial charge in [0.2, 0.25) is 0 Å². The SMILES string of the molecule is COC(=O)c1cccc(-c2nc3c(O)cc(Br)cc3n(COCC[Si](C)(C)C)c2=O)c1F. The maximum atomic E-state index is 15.1. The first kappa shape index (κ1) is 24.1. The lowest BCUT2D eigenvalue weighted by Gasteiger charge is -2.17. The summed E-state index contributed by atoms with van der Waals surface area (Å²) in [5.41, 5.74) is -0.888. The number of carbonyl (C=O) groups is 1. The molecule has 1 N–H and O–H groups in total. The molecule has 2 aromatic carbocycles. The topological polar surface area (TPSA) is 90.7 Å². The van der Waals surface area contributed by atoms with Crippen molar-refractivity contribution in [3.05, 3.63) is 56.5 Å². The van der Waals surface area contributed by atoms with Crippen LogP contribution < -0.4 is 5.56 Å². The Kier molecular flexibility index (Phi) is 7.16. The molecule has 10 heteroatoms. The van der Waals surface area contributed by atoms with Gasteiger partial charge in [-0.15, -0.1) is 0 Å². The number of carbonyl (C=O) groups excluding carboxylic acids is 1. The predicted molar refractivity (Wildman–Crippen MR) is 126 cm³/mol. The van der Waals surface area contributed by atoms with Crippen molar-refractivity contribution in [3.8, 4) is 17.0 Å². The molecule has 0 radical (unpaired) electrons. The summed E-state index contributed by atoms with van der Waals surface area (Å²) in [7, 11) is -0.196. The van der Waals surface area contributed by atoms with Crippen molar-refractivity contribution in [2.24, 2.45) is 0 Å². The van der Waals surface area contributed by atoms with Crippen LogP contribution in [0.4, 0.5) is 4.39 Å². The molecule has 0 saturated carbocycles. The van der Waals surface area contributed by atoms with Crippen LogP contribution in [0.2, 0.25) is 25.7 Å². The number of phenols is 1. The van der Waals surface area contributed by atoms with Gasteiger partial charge in [0.25, 0.3) is 5.56 Å². The molecule has 0 fully saturated rings. The zero-order valence-corrected chi connectivity index (χ0v) is 20.8. The van der Waals surface area contributed by atoms with Crippen LogP contribution in [0.25, 0.3) is 22.3 Å². The molecule has 1 heterocycles. The normalized spacial score (nSPS) is 11.7. The van der Waals surface area contributed by atoms with Crippen molar-refractivity contribution in [2.75, 3.05) is 13.7 Å². The highest BCUT2D eigenvalue weighted by molar-refractivity contribution is 9.10. The number of aromatic nitrogens is 2. The van der Waals surface area contributed by atoms with Crippen LogP contribution in [-0.2, 0) is 16.2 Å². The fourth-order valence-corrected chi connectivity index (χ4v) is 4.30. The number of phenolic OH excluding ortho intramolecular Hbond substituents is 1. The van der Waals surface area contributed by atoms with Crippen molar-refractivity contribution in [2.45, 2.75) is 32.4 Å². The van der Waals surface area contributed by atoms with Gasteiger partial charge in [-0.25, -0.2) is 14.2 Å². The molecule has 0 aliphatic carbocycles. The van der Waals surface area contributed by atoms with Crippen LogP contribution >= 0.6 is 15.9 Å². The van der Waals surface area contributed by atoms with Gasteiger partial charge in [-0.05, 0) is 30.3 Å². The summed E-state index contributed by atoms with van der Waals surface area (Å²) in [6.07, 6.45) is 0. The van der Waals surface area contributed by atoms with Gasteiger partial charge in [0.05, 0.1) is 18.2 Å². The Hall–Kier alpha value is -2.56. The van der Waals surface area contributed by atoms with Crippen LogP contribution in [0.1, 0.15) is 10.4 Å². The summed E-state index contributed by atoms with van der Waals surface area (Å²) in [5, 5.41) is 10.5. The third-order valence-corrected chi connectivity index (χ3v) is 7.03. The monoisotopic (exact) mass is 522 g/mol. The summed E-state index contributed by atoms with van der Waals surface area (Å²) < 4.78 is 27.4. The molecule has 1 aromatic heterocycles. The minimum Gasteiger partial charge on any atom is -0.506 e. The van der Waals surface area contributed by atoms with Gasteiger partial charge >= 0.3 is 5.97 Å². The maximum Gasteiger partial charge on any atom is 0.340 e. The number of methoxy groups -OCH3 is 1. The molecule has 0 bridgehead atoms. The first-order chi connectivity index (χ1) is 15.0. The summed E-state index contributed by atoms with van der Waals surface area (Å²) >= 11 is 3.31. The second kappa shape index (κ2) is 9.51. The number of esters is 1. The highest BCUT2D eigenvalue weighted by atomic mass is 79.9. The quantitative estimate of drug-likeness (QED) is 0.273. The van der Waals surface area contributed by atoms with E-state index >= 15 is 4.39 Å². The molecule has 7 nitrogen and oxygen atoms in total. The third-order valence-electron chi connectivity index (χ3n) is 4.87. The molecule has 0 saturated heterocycles. The van der Waals surface area contributed by atoms with Crippen molar-refractivity contribution in [1.82, 2.24) is 9.55 Å². The Bertz CT molecular complexity index is 1240. The summed E-state index contributed by atoms with van der Waals surface area (Å²) in [6, 6.07) is 8.02. The Labute approximate surface area is 193 Å². The maximum absolute atomic E-state index is 15.1. The van der Waals surface area contributed by atoms with Crippen LogP contribution in [0.3, 0.4) is 0 Å². The number of rotatable bonds is 7. The van der Waals surface area contributed by atoms with E-state index in [0.717, 1.165) is 13.2 Å². The molecule has 0 aliphatic heterocycles. The molecule has 32 heavy (non-hydrogen) atoms. The summed E-state index contributed by atoms with van der Waals surface area (Å²) in [6.45, 7) is 7.02. The lowest BCUT2D eigenvalue weighted by molar-refractivity contribution is 0.0595. The van der Waals surface area contributed by atoms with Gasteiger partial charge in [0.15, 0.2) is 0 Å². The van der Waals surface area contributed by atoms with E-state index < -0.39 is 25.4 Å². The van der Waals surface area contributed by atoms with E-state index in [1.165, 1.54) is 28.8 Å². The van der Waals surface area contributed by atoms with Gasteiger partial charge in [-0.2, -0.15) is 0 Å². The van der Waals surface area contributed by atoms with Gasteiger partial charge in [-0.1, -0.05) is 41.6 Å². The number of aromatic hydroxyl groups is 1. The van der Waals surface area contributed by atoms with Crippen LogP contribution in [0, 0.1) is 5.82 Å². The van der Waals surface area contributed by atoms with Crippen molar-refractivity contribution < 1.29 is 23.8 Å². The fraction of sp³-hybridized carbons (Fsp3) is 0.318.